The van der Waals surface area contributed by atoms with Crippen molar-refractivity contribution in [1.29, 1.82) is 0 Å². The van der Waals surface area contributed by atoms with Gasteiger partial charge in [0, 0.05) is 24.1 Å². The topological polar surface area (TPSA) is 74.7 Å². The van der Waals surface area contributed by atoms with Gasteiger partial charge in [-0.2, -0.15) is 4.31 Å². The first-order chi connectivity index (χ1) is 10.5. The highest BCUT2D eigenvalue weighted by molar-refractivity contribution is 7.88. The first-order valence-corrected chi connectivity index (χ1v) is 9.09. The molecule has 1 fully saturated rings. The van der Waals surface area contributed by atoms with Gasteiger partial charge >= 0.3 is 5.97 Å². The lowest BCUT2D eigenvalue weighted by molar-refractivity contribution is -0.138. The highest BCUT2D eigenvalue weighted by Gasteiger charge is 2.45. The molecule has 5 nitrogen and oxygen atoms in total. The van der Waals surface area contributed by atoms with Crippen molar-refractivity contribution in [2.75, 3.05) is 6.54 Å². The Morgan fingerprint density at radius 1 is 1.43 bits per heavy atom. The van der Waals surface area contributed by atoms with Crippen molar-refractivity contribution >= 4 is 16.0 Å². The minimum atomic E-state index is -3.72. The van der Waals surface area contributed by atoms with Crippen molar-refractivity contribution in [3.8, 4) is 0 Å². The van der Waals surface area contributed by atoms with E-state index in [0.717, 1.165) is 5.56 Å². The molecule has 7 heteroatoms. The zero-order valence-corrected chi connectivity index (χ0v) is 14.4. The van der Waals surface area contributed by atoms with Crippen LogP contribution in [0.4, 0.5) is 4.39 Å². The normalized spacial score (nSPS) is 21.5. The van der Waals surface area contributed by atoms with Crippen LogP contribution in [0.5, 0.6) is 0 Å². The molecule has 1 saturated heterocycles. The second kappa shape index (κ2) is 6.20. The Morgan fingerprint density at radius 2 is 2.09 bits per heavy atom. The number of carboxylic acid groups (broad SMARTS) is 1. The van der Waals surface area contributed by atoms with Gasteiger partial charge in [0.1, 0.15) is 5.82 Å². The molecule has 0 radical (unpaired) electrons. The molecular weight excluding hydrogens is 321 g/mol. The molecule has 0 amide bonds. The molecule has 0 bridgehead atoms. The van der Waals surface area contributed by atoms with Gasteiger partial charge in [-0.25, -0.2) is 12.8 Å². The quantitative estimate of drug-likeness (QED) is 0.891. The molecule has 1 unspecified atom stereocenters. The molecule has 128 valence electrons. The van der Waals surface area contributed by atoms with Crippen LogP contribution in [-0.4, -0.2) is 35.9 Å². The van der Waals surface area contributed by atoms with E-state index in [1.54, 1.807) is 26.8 Å². The third kappa shape index (κ3) is 4.09. The van der Waals surface area contributed by atoms with E-state index in [0.29, 0.717) is 6.42 Å². The van der Waals surface area contributed by atoms with Gasteiger partial charge < -0.3 is 5.11 Å². The molecule has 0 spiro atoms. The lowest BCUT2D eigenvalue weighted by atomic mass is 9.95. The molecule has 1 heterocycles. The first-order valence-electron chi connectivity index (χ1n) is 7.48. The summed E-state index contributed by atoms with van der Waals surface area (Å²) in [5.41, 5.74) is 0.194. The number of aryl methyl sites for hydroxylation is 1. The maximum atomic E-state index is 13.9. The number of hydrogen-bond donors (Lipinski definition) is 1. The number of aliphatic carboxylic acids is 1. The largest absolute Gasteiger partial charge is 0.481 e. The van der Waals surface area contributed by atoms with Crippen molar-refractivity contribution in [3.05, 3.63) is 35.1 Å². The molecule has 1 N–H and O–H groups in total. The number of hydrogen-bond acceptors (Lipinski definition) is 3. The predicted octanol–water partition coefficient (Wildman–Crippen LogP) is 2.54. The summed E-state index contributed by atoms with van der Waals surface area (Å²) in [6.45, 7) is 5.45. The third-order valence-corrected chi connectivity index (χ3v) is 6.22. The van der Waals surface area contributed by atoms with E-state index in [1.807, 2.05) is 0 Å². The van der Waals surface area contributed by atoms with Gasteiger partial charge in [0.2, 0.25) is 10.0 Å². The summed E-state index contributed by atoms with van der Waals surface area (Å²) in [6.07, 6.45) is 0.420. The van der Waals surface area contributed by atoms with Gasteiger partial charge in [-0.3, -0.25) is 4.79 Å². The van der Waals surface area contributed by atoms with Crippen molar-refractivity contribution < 1.29 is 22.7 Å². The first kappa shape index (κ1) is 17.9. The van der Waals surface area contributed by atoms with Crippen molar-refractivity contribution in [2.45, 2.75) is 44.9 Å². The van der Waals surface area contributed by atoms with Crippen LogP contribution in [0.3, 0.4) is 0 Å². The fourth-order valence-corrected chi connectivity index (χ4v) is 5.32. The van der Waals surface area contributed by atoms with Gasteiger partial charge in [0.25, 0.3) is 0 Å². The Kier molecular flexibility index (Phi) is 4.82. The average molecular weight is 343 g/mol. The zero-order valence-electron chi connectivity index (χ0n) is 13.5. The lowest BCUT2D eigenvalue weighted by Crippen LogP contribution is -2.43. The Balaban J connectivity index is 2.23. The van der Waals surface area contributed by atoms with E-state index in [9.17, 15) is 17.6 Å². The second-order valence-corrected chi connectivity index (χ2v) is 8.76. The van der Waals surface area contributed by atoms with E-state index in [2.05, 4.69) is 0 Å². The van der Waals surface area contributed by atoms with Crippen LogP contribution in [0, 0.1) is 18.7 Å². The van der Waals surface area contributed by atoms with E-state index in [1.165, 1.54) is 16.4 Å². The number of carboxylic acids is 1. The molecule has 0 aromatic heterocycles. The summed E-state index contributed by atoms with van der Waals surface area (Å²) in [5.74, 6) is -2.11. The second-order valence-electron chi connectivity index (χ2n) is 6.86. The van der Waals surface area contributed by atoms with Crippen molar-refractivity contribution in [3.63, 3.8) is 0 Å². The predicted molar refractivity (Wildman–Crippen MR) is 84.9 cm³/mol. The summed E-state index contributed by atoms with van der Waals surface area (Å²) >= 11 is 0. The maximum absolute atomic E-state index is 13.9. The lowest BCUT2D eigenvalue weighted by Gasteiger charge is -2.30. The fourth-order valence-electron chi connectivity index (χ4n) is 3.27. The van der Waals surface area contributed by atoms with Crippen LogP contribution in [-0.2, 0) is 20.6 Å². The van der Waals surface area contributed by atoms with Crippen molar-refractivity contribution in [2.24, 2.45) is 5.92 Å². The number of rotatable bonds is 5. The summed E-state index contributed by atoms with van der Waals surface area (Å²) in [6, 6.07) is 4.48. The highest BCUT2D eigenvalue weighted by atomic mass is 32.2. The van der Waals surface area contributed by atoms with E-state index < -0.39 is 33.1 Å². The van der Waals surface area contributed by atoms with E-state index in [-0.39, 0.29) is 24.4 Å². The maximum Gasteiger partial charge on any atom is 0.303 e. The number of benzene rings is 1. The van der Waals surface area contributed by atoms with Gasteiger partial charge in [-0.05, 0) is 44.7 Å². The number of nitrogens with zero attached hydrogens (tertiary/aromatic N) is 1. The number of halogens is 1. The summed E-state index contributed by atoms with van der Waals surface area (Å²) in [7, 11) is -3.72. The van der Waals surface area contributed by atoms with Gasteiger partial charge in [0.15, 0.2) is 0 Å². The molecule has 2 rings (SSSR count). The summed E-state index contributed by atoms with van der Waals surface area (Å²) in [4.78, 5) is 10.9. The number of sulfonamides is 1. The monoisotopic (exact) mass is 343 g/mol. The Morgan fingerprint density at radius 3 is 2.65 bits per heavy atom. The summed E-state index contributed by atoms with van der Waals surface area (Å²) < 4.78 is 40.7. The zero-order chi connectivity index (χ0) is 17.4. The molecule has 23 heavy (non-hydrogen) atoms. The molecule has 0 aliphatic carbocycles. The molecule has 1 aliphatic heterocycles. The van der Waals surface area contributed by atoms with E-state index in [4.69, 9.17) is 5.11 Å². The van der Waals surface area contributed by atoms with Crippen LogP contribution in [0.25, 0.3) is 0 Å². The van der Waals surface area contributed by atoms with Crippen LogP contribution in [0.1, 0.15) is 37.8 Å². The van der Waals surface area contributed by atoms with Crippen LogP contribution in [0.15, 0.2) is 18.2 Å². The Bertz CT molecular complexity index is 715. The van der Waals surface area contributed by atoms with Crippen LogP contribution in [0.2, 0.25) is 0 Å². The minimum Gasteiger partial charge on any atom is -0.481 e. The Labute approximate surface area is 136 Å². The molecule has 1 aliphatic rings. The third-order valence-electron chi connectivity index (χ3n) is 4.23. The van der Waals surface area contributed by atoms with Gasteiger partial charge in [0.05, 0.1) is 5.75 Å². The van der Waals surface area contributed by atoms with Crippen LogP contribution >= 0.6 is 0 Å². The molecule has 1 atom stereocenters. The Hall–Kier alpha value is -1.47. The highest BCUT2D eigenvalue weighted by Crippen LogP contribution is 2.37. The molecule has 1 aromatic rings. The number of carbonyl (C=O) groups is 1. The van der Waals surface area contributed by atoms with Crippen LogP contribution < -0.4 is 0 Å². The van der Waals surface area contributed by atoms with Gasteiger partial charge in [-0.1, -0.05) is 12.1 Å². The average Bonchev–Trinajstić information content (AvgIpc) is 2.67. The molecule has 1 aromatic carbocycles. The fraction of sp³-hybridized carbons (Fsp3) is 0.562. The molecule has 0 saturated carbocycles. The smallest absolute Gasteiger partial charge is 0.303 e. The summed E-state index contributed by atoms with van der Waals surface area (Å²) in [5, 5.41) is 8.91. The minimum absolute atomic E-state index is 0.0612. The SMILES string of the molecule is Cc1ccc(CS(=O)(=O)N2CC(CC(=O)O)CC2(C)C)c(F)c1. The van der Waals surface area contributed by atoms with E-state index >= 15 is 0 Å². The van der Waals surface area contributed by atoms with Crippen molar-refractivity contribution in [1.82, 2.24) is 4.31 Å². The van der Waals surface area contributed by atoms with Gasteiger partial charge in [-0.15, -0.1) is 0 Å². The molecular formula is C16H22FNO4S. The standard InChI is InChI=1S/C16H22FNO4S/c1-11-4-5-13(14(17)6-11)10-23(21,22)18-9-12(7-15(19)20)8-16(18,2)3/h4-6,12H,7-10H2,1-3H3,(H,19,20).